The first-order valence-electron chi connectivity index (χ1n) is 18.7. The van der Waals surface area contributed by atoms with Crippen LogP contribution in [-0.2, 0) is 0 Å². The average molecular weight is 688 g/mol. The molecule has 1 aromatic heterocycles. The first-order valence-corrected chi connectivity index (χ1v) is 18.7. The van der Waals surface area contributed by atoms with Gasteiger partial charge in [-0.3, -0.25) is 0 Å². The lowest BCUT2D eigenvalue weighted by atomic mass is 9.34. The number of hydrogen-bond donors (Lipinski definition) is 0. The molecule has 2 aliphatic rings. The van der Waals surface area contributed by atoms with E-state index in [-0.39, 0.29) is 6.71 Å². The number of anilines is 6. The summed E-state index contributed by atoms with van der Waals surface area (Å²) >= 11 is 0. The van der Waals surface area contributed by atoms with Gasteiger partial charge in [-0.1, -0.05) is 140 Å². The fourth-order valence-electron chi connectivity index (χ4n) is 9.00. The molecular weight excluding hydrogens is 653 g/mol. The molecule has 0 unspecified atom stereocenters. The second-order valence-electron chi connectivity index (χ2n) is 14.1. The number of hydrogen-bond acceptors (Lipinski definition) is 2. The van der Waals surface area contributed by atoms with Gasteiger partial charge >= 0.3 is 0 Å². The Morgan fingerprint density at radius 3 is 1.59 bits per heavy atom. The summed E-state index contributed by atoms with van der Waals surface area (Å²) in [4.78, 5) is 4.79. The number of nitrogens with zero attached hydrogens (tertiary/aromatic N) is 3. The molecule has 0 bridgehead atoms. The van der Waals surface area contributed by atoms with Crippen molar-refractivity contribution in [3.05, 3.63) is 206 Å². The third-order valence-electron chi connectivity index (χ3n) is 11.2. The Morgan fingerprint density at radius 1 is 0.389 bits per heavy atom. The fraction of sp³-hybridized carbons (Fsp3) is 0. The average Bonchev–Trinajstić information content (AvgIpc) is 3.60. The lowest BCUT2D eigenvalue weighted by molar-refractivity contribution is 1.14. The van der Waals surface area contributed by atoms with Crippen LogP contribution in [0, 0.1) is 0 Å². The number of benzene rings is 8. The summed E-state index contributed by atoms with van der Waals surface area (Å²) in [6, 6.07) is 74.9. The minimum atomic E-state index is 0.0907. The second-order valence-corrected chi connectivity index (χ2v) is 14.1. The number of aromatic nitrogens is 1. The second kappa shape index (κ2) is 12.3. The zero-order valence-corrected chi connectivity index (χ0v) is 29.5. The third kappa shape index (κ3) is 4.57. The molecule has 252 valence electrons. The van der Waals surface area contributed by atoms with Gasteiger partial charge in [0.25, 0.3) is 6.71 Å². The standard InChI is InChI=1S/C50H34BN3/c1-5-17-35(18-6-1)47-41-25-15-27-43-50(41)54(49(47)36-19-7-2-8-20-36)46-30-16-29-45-48(46)51(43)42-26-13-14-28-44(42)53(45)40-33-31-39(32-34-40)52(37-21-9-3-10-22-37)38-23-11-4-12-24-38/h1-34H. The van der Waals surface area contributed by atoms with Crippen LogP contribution in [0.15, 0.2) is 206 Å². The van der Waals surface area contributed by atoms with Crippen molar-refractivity contribution in [1.82, 2.24) is 4.57 Å². The topological polar surface area (TPSA) is 11.4 Å². The van der Waals surface area contributed by atoms with E-state index in [1.54, 1.807) is 0 Å². The van der Waals surface area contributed by atoms with Gasteiger partial charge in [0.05, 0.1) is 5.69 Å². The van der Waals surface area contributed by atoms with Crippen LogP contribution in [0.25, 0.3) is 39.0 Å². The smallest absolute Gasteiger partial charge is 0.252 e. The van der Waals surface area contributed by atoms with Gasteiger partial charge in [-0.2, -0.15) is 0 Å². The van der Waals surface area contributed by atoms with Gasteiger partial charge in [0.2, 0.25) is 0 Å². The summed E-state index contributed by atoms with van der Waals surface area (Å²) in [5, 5.41) is 1.28. The van der Waals surface area contributed by atoms with Crippen molar-refractivity contribution >= 4 is 68.1 Å². The maximum Gasteiger partial charge on any atom is 0.252 e. The summed E-state index contributed by atoms with van der Waals surface area (Å²) in [7, 11) is 0. The molecule has 0 saturated carbocycles. The molecule has 2 aliphatic heterocycles. The highest BCUT2D eigenvalue weighted by Gasteiger charge is 2.42. The van der Waals surface area contributed by atoms with Gasteiger partial charge in [0, 0.05) is 56.3 Å². The summed E-state index contributed by atoms with van der Waals surface area (Å²) in [6.07, 6.45) is 0. The normalized spacial score (nSPS) is 12.4. The molecule has 0 aliphatic carbocycles. The van der Waals surface area contributed by atoms with E-state index in [0.717, 1.165) is 22.7 Å². The van der Waals surface area contributed by atoms with Crippen molar-refractivity contribution in [2.75, 3.05) is 9.80 Å². The van der Waals surface area contributed by atoms with Crippen LogP contribution in [0.4, 0.5) is 34.1 Å². The molecule has 11 rings (SSSR count). The van der Waals surface area contributed by atoms with E-state index in [9.17, 15) is 0 Å². The van der Waals surface area contributed by atoms with Gasteiger partial charge < -0.3 is 14.4 Å². The van der Waals surface area contributed by atoms with E-state index in [1.165, 1.54) is 66.7 Å². The molecule has 9 aromatic rings. The lowest BCUT2D eigenvalue weighted by Gasteiger charge is -2.40. The molecule has 3 heterocycles. The molecule has 54 heavy (non-hydrogen) atoms. The maximum atomic E-state index is 2.56. The van der Waals surface area contributed by atoms with Gasteiger partial charge in [-0.05, 0) is 94.2 Å². The Bertz CT molecular complexity index is 2770. The van der Waals surface area contributed by atoms with Gasteiger partial charge in [0.15, 0.2) is 0 Å². The molecule has 4 heteroatoms. The van der Waals surface area contributed by atoms with E-state index >= 15 is 0 Å². The zero-order valence-electron chi connectivity index (χ0n) is 29.5. The number of para-hydroxylation sites is 4. The van der Waals surface area contributed by atoms with E-state index in [2.05, 4.69) is 221 Å². The van der Waals surface area contributed by atoms with Crippen molar-refractivity contribution in [2.24, 2.45) is 0 Å². The molecule has 3 nitrogen and oxygen atoms in total. The van der Waals surface area contributed by atoms with Crippen molar-refractivity contribution < 1.29 is 0 Å². The Balaban J connectivity index is 1.14. The Kier molecular flexibility index (Phi) is 6.96. The van der Waals surface area contributed by atoms with E-state index in [1.807, 2.05) is 0 Å². The zero-order chi connectivity index (χ0) is 35.6. The van der Waals surface area contributed by atoms with E-state index in [4.69, 9.17) is 0 Å². The predicted octanol–water partition coefficient (Wildman–Crippen LogP) is 11.0. The van der Waals surface area contributed by atoms with Crippen LogP contribution in [0.5, 0.6) is 0 Å². The van der Waals surface area contributed by atoms with Crippen LogP contribution < -0.4 is 26.2 Å². The Hall–Kier alpha value is -7.04. The van der Waals surface area contributed by atoms with Crippen molar-refractivity contribution in [1.29, 1.82) is 0 Å². The van der Waals surface area contributed by atoms with Crippen molar-refractivity contribution in [2.45, 2.75) is 0 Å². The lowest BCUT2D eigenvalue weighted by Crippen LogP contribution is -2.60. The predicted molar refractivity (Wildman–Crippen MR) is 228 cm³/mol. The quantitative estimate of drug-likeness (QED) is 0.161. The molecule has 0 amide bonds. The van der Waals surface area contributed by atoms with Crippen LogP contribution in [0.2, 0.25) is 0 Å². The van der Waals surface area contributed by atoms with Crippen LogP contribution in [-0.4, -0.2) is 11.3 Å². The van der Waals surface area contributed by atoms with Gasteiger partial charge in [0.1, 0.15) is 0 Å². The molecule has 0 N–H and O–H groups in total. The minimum absolute atomic E-state index is 0.0907. The molecule has 0 fully saturated rings. The first kappa shape index (κ1) is 30.6. The van der Waals surface area contributed by atoms with Crippen LogP contribution in [0.3, 0.4) is 0 Å². The van der Waals surface area contributed by atoms with Gasteiger partial charge in [-0.15, -0.1) is 0 Å². The molecule has 0 spiro atoms. The third-order valence-corrected chi connectivity index (χ3v) is 11.2. The maximum absolute atomic E-state index is 2.56. The van der Waals surface area contributed by atoms with Crippen molar-refractivity contribution in [3.63, 3.8) is 0 Å². The van der Waals surface area contributed by atoms with Crippen LogP contribution >= 0.6 is 0 Å². The van der Waals surface area contributed by atoms with Gasteiger partial charge in [-0.25, -0.2) is 0 Å². The Morgan fingerprint density at radius 2 is 0.907 bits per heavy atom. The number of fused-ring (bicyclic) bond motifs is 4. The number of rotatable bonds is 6. The van der Waals surface area contributed by atoms with E-state index < -0.39 is 0 Å². The first-order chi connectivity index (χ1) is 26.8. The van der Waals surface area contributed by atoms with Crippen LogP contribution in [0.1, 0.15) is 0 Å². The molecule has 0 saturated heterocycles. The SMILES string of the molecule is c1ccc(-c2c(-c3ccccc3)n3c4c(cccc24)B2c4ccccc4N(c4ccc(N(c5ccccc5)c5ccccc5)cc4)c4cccc-3c42)cc1. The minimum Gasteiger partial charge on any atom is -0.311 e. The summed E-state index contributed by atoms with van der Waals surface area (Å²) in [5.74, 6) is 0. The summed E-state index contributed by atoms with van der Waals surface area (Å²) < 4.78 is 2.56. The molecule has 0 radical (unpaired) electrons. The van der Waals surface area contributed by atoms with E-state index in [0.29, 0.717) is 0 Å². The highest BCUT2D eigenvalue weighted by Crippen LogP contribution is 2.46. The molecular formula is C50H34BN3. The molecule has 8 aromatic carbocycles. The fourth-order valence-corrected chi connectivity index (χ4v) is 9.00. The highest BCUT2D eigenvalue weighted by atomic mass is 15.2. The Labute approximate surface area is 315 Å². The molecule has 0 atom stereocenters. The monoisotopic (exact) mass is 687 g/mol. The largest absolute Gasteiger partial charge is 0.311 e. The summed E-state index contributed by atoms with van der Waals surface area (Å²) in [6.45, 7) is 0.0907. The van der Waals surface area contributed by atoms with Crippen molar-refractivity contribution in [3.8, 4) is 28.1 Å². The summed E-state index contributed by atoms with van der Waals surface area (Å²) in [5.41, 5.74) is 18.4. The highest BCUT2D eigenvalue weighted by molar-refractivity contribution is 7.00.